The van der Waals surface area contributed by atoms with Crippen molar-refractivity contribution in [2.24, 2.45) is 0 Å². The molecule has 0 saturated carbocycles. The summed E-state index contributed by atoms with van der Waals surface area (Å²) in [5, 5.41) is 14.6. The van der Waals surface area contributed by atoms with Gasteiger partial charge in [-0.25, -0.2) is 15.0 Å². The fourth-order valence-corrected chi connectivity index (χ4v) is 2.35. The van der Waals surface area contributed by atoms with Gasteiger partial charge in [-0.3, -0.25) is 0 Å². The average molecular weight is 375 g/mol. The lowest BCUT2D eigenvalue weighted by Crippen LogP contribution is -2.07. The van der Waals surface area contributed by atoms with Gasteiger partial charge in [-0.1, -0.05) is 6.07 Å². The molecule has 9 heteroatoms. The topological polar surface area (TPSA) is 83.0 Å². The SMILES string of the molecule is OCCNc1cc(-c2ccnc(Nc3cccc(C(F)(F)F)c3)n2)ccn1. The summed E-state index contributed by atoms with van der Waals surface area (Å²) in [6, 6.07) is 10.0. The molecule has 3 N–H and O–H groups in total. The fourth-order valence-electron chi connectivity index (χ4n) is 2.35. The van der Waals surface area contributed by atoms with Crippen LogP contribution in [0.2, 0.25) is 0 Å². The van der Waals surface area contributed by atoms with Crippen LogP contribution in [0.25, 0.3) is 11.3 Å². The van der Waals surface area contributed by atoms with Crippen molar-refractivity contribution in [3.8, 4) is 11.3 Å². The molecular formula is C18H16F3N5O. The smallest absolute Gasteiger partial charge is 0.395 e. The van der Waals surface area contributed by atoms with E-state index in [9.17, 15) is 13.2 Å². The van der Waals surface area contributed by atoms with Crippen LogP contribution in [0.1, 0.15) is 5.56 Å². The van der Waals surface area contributed by atoms with Gasteiger partial charge in [0.05, 0.1) is 17.9 Å². The van der Waals surface area contributed by atoms with Crippen LogP contribution in [-0.2, 0) is 6.18 Å². The minimum atomic E-state index is -4.42. The number of hydrogen-bond acceptors (Lipinski definition) is 6. The van der Waals surface area contributed by atoms with Gasteiger partial charge in [0.2, 0.25) is 5.95 Å². The molecule has 1 aromatic carbocycles. The zero-order valence-electron chi connectivity index (χ0n) is 14.0. The Balaban J connectivity index is 1.82. The van der Waals surface area contributed by atoms with E-state index in [0.717, 1.165) is 17.7 Å². The minimum Gasteiger partial charge on any atom is -0.395 e. The molecule has 0 amide bonds. The second-order valence-electron chi connectivity index (χ2n) is 5.55. The lowest BCUT2D eigenvalue weighted by atomic mass is 10.2. The standard InChI is InChI=1S/C18H16F3N5O/c19-18(20,21)13-2-1-3-14(11-13)25-17-24-7-5-15(26-17)12-4-6-22-16(10-12)23-8-9-27/h1-7,10-11,27H,8-9H2,(H,22,23)(H,24,25,26). The van der Waals surface area contributed by atoms with Gasteiger partial charge in [-0.2, -0.15) is 13.2 Å². The maximum absolute atomic E-state index is 12.8. The Morgan fingerprint density at radius 3 is 2.59 bits per heavy atom. The molecule has 3 aromatic rings. The predicted octanol–water partition coefficient (Wildman–Crippen LogP) is 3.71. The van der Waals surface area contributed by atoms with Crippen molar-refractivity contribution in [3.05, 3.63) is 60.4 Å². The zero-order valence-corrected chi connectivity index (χ0v) is 14.0. The highest BCUT2D eigenvalue weighted by Gasteiger charge is 2.30. The number of pyridine rings is 1. The number of rotatable bonds is 6. The Morgan fingerprint density at radius 2 is 1.81 bits per heavy atom. The zero-order chi connectivity index (χ0) is 19.3. The largest absolute Gasteiger partial charge is 0.416 e. The molecule has 0 radical (unpaired) electrons. The van der Waals surface area contributed by atoms with Gasteiger partial charge >= 0.3 is 6.18 Å². The Hall–Kier alpha value is -3.20. The lowest BCUT2D eigenvalue weighted by molar-refractivity contribution is -0.137. The van der Waals surface area contributed by atoms with Gasteiger partial charge in [0.15, 0.2) is 0 Å². The number of anilines is 3. The molecule has 6 nitrogen and oxygen atoms in total. The second kappa shape index (κ2) is 8.00. The number of nitrogens with zero attached hydrogens (tertiary/aromatic N) is 3. The van der Waals surface area contributed by atoms with Crippen molar-refractivity contribution >= 4 is 17.5 Å². The summed E-state index contributed by atoms with van der Waals surface area (Å²) in [7, 11) is 0. The van der Waals surface area contributed by atoms with Crippen molar-refractivity contribution < 1.29 is 18.3 Å². The molecule has 27 heavy (non-hydrogen) atoms. The van der Waals surface area contributed by atoms with Crippen molar-refractivity contribution in [1.29, 1.82) is 0 Å². The predicted molar refractivity (Wildman–Crippen MR) is 95.6 cm³/mol. The first-order valence-electron chi connectivity index (χ1n) is 8.04. The highest BCUT2D eigenvalue weighted by Crippen LogP contribution is 2.31. The van der Waals surface area contributed by atoms with Crippen LogP contribution < -0.4 is 10.6 Å². The maximum atomic E-state index is 12.8. The molecule has 0 fully saturated rings. The van der Waals surface area contributed by atoms with E-state index in [0.29, 0.717) is 18.1 Å². The molecule has 0 aliphatic heterocycles. The number of benzene rings is 1. The summed E-state index contributed by atoms with van der Waals surface area (Å²) in [5.74, 6) is 0.751. The van der Waals surface area contributed by atoms with Crippen LogP contribution in [0.15, 0.2) is 54.9 Å². The third-order valence-corrected chi connectivity index (χ3v) is 3.58. The summed E-state index contributed by atoms with van der Waals surface area (Å²) in [6.07, 6.45) is -1.31. The number of aliphatic hydroxyl groups excluding tert-OH is 1. The monoisotopic (exact) mass is 375 g/mol. The normalized spacial score (nSPS) is 11.3. The van der Waals surface area contributed by atoms with E-state index in [1.807, 2.05) is 0 Å². The van der Waals surface area contributed by atoms with Gasteiger partial charge in [-0.05, 0) is 36.4 Å². The molecule has 140 valence electrons. The second-order valence-corrected chi connectivity index (χ2v) is 5.55. The molecule has 0 aliphatic carbocycles. The van der Waals surface area contributed by atoms with Crippen molar-refractivity contribution in [2.75, 3.05) is 23.8 Å². The highest BCUT2D eigenvalue weighted by molar-refractivity contribution is 5.64. The first-order valence-corrected chi connectivity index (χ1v) is 8.04. The minimum absolute atomic E-state index is 0.0233. The van der Waals surface area contributed by atoms with Crippen molar-refractivity contribution in [1.82, 2.24) is 15.0 Å². The van der Waals surface area contributed by atoms with Crippen LogP contribution >= 0.6 is 0 Å². The van der Waals surface area contributed by atoms with Crippen LogP contribution in [-0.4, -0.2) is 33.2 Å². The number of aromatic nitrogens is 3. The molecule has 0 saturated heterocycles. The Labute approximate surface area is 153 Å². The van der Waals surface area contributed by atoms with E-state index in [4.69, 9.17) is 5.11 Å². The first-order chi connectivity index (χ1) is 13.0. The molecule has 0 unspecified atom stereocenters. The average Bonchev–Trinajstić information content (AvgIpc) is 2.66. The Kier molecular flexibility index (Phi) is 5.51. The molecule has 3 rings (SSSR count). The first kappa shape index (κ1) is 18.6. The van der Waals surface area contributed by atoms with Crippen LogP contribution in [0.4, 0.5) is 30.6 Å². The third-order valence-electron chi connectivity index (χ3n) is 3.58. The van der Waals surface area contributed by atoms with E-state index in [1.54, 1.807) is 24.4 Å². The Bertz CT molecular complexity index is 917. The Morgan fingerprint density at radius 1 is 1.00 bits per heavy atom. The summed E-state index contributed by atoms with van der Waals surface area (Å²) in [6.45, 7) is 0.340. The molecule has 0 bridgehead atoms. The molecule has 0 aliphatic rings. The summed E-state index contributed by atoms with van der Waals surface area (Å²) >= 11 is 0. The van der Waals surface area contributed by atoms with E-state index in [1.165, 1.54) is 18.3 Å². The molecule has 0 atom stereocenters. The van der Waals surface area contributed by atoms with E-state index in [2.05, 4.69) is 25.6 Å². The van der Waals surface area contributed by atoms with E-state index in [-0.39, 0.29) is 18.2 Å². The van der Waals surface area contributed by atoms with Gasteiger partial charge in [-0.15, -0.1) is 0 Å². The quantitative estimate of drug-likeness (QED) is 0.609. The highest BCUT2D eigenvalue weighted by atomic mass is 19.4. The lowest BCUT2D eigenvalue weighted by Gasteiger charge is -2.10. The number of alkyl halides is 3. The summed E-state index contributed by atoms with van der Waals surface area (Å²) in [5.41, 5.74) is 0.813. The van der Waals surface area contributed by atoms with Crippen molar-refractivity contribution in [2.45, 2.75) is 6.18 Å². The summed E-state index contributed by atoms with van der Waals surface area (Å²) < 4.78 is 38.5. The fraction of sp³-hybridized carbons (Fsp3) is 0.167. The maximum Gasteiger partial charge on any atom is 0.416 e. The van der Waals surface area contributed by atoms with Gasteiger partial charge < -0.3 is 15.7 Å². The number of halogens is 3. The third kappa shape index (κ3) is 4.91. The van der Waals surface area contributed by atoms with Crippen LogP contribution in [0.5, 0.6) is 0 Å². The molecule has 2 heterocycles. The van der Waals surface area contributed by atoms with Gasteiger partial charge in [0.25, 0.3) is 0 Å². The van der Waals surface area contributed by atoms with E-state index >= 15 is 0 Å². The van der Waals surface area contributed by atoms with Gasteiger partial charge in [0, 0.05) is 30.2 Å². The molecule has 0 spiro atoms. The molecular weight excluding hydrogens is 359 g/mol. The number of aliphatic hydroxyl groups is 1. The summed E-state index contributed by atoms with van der Waals surface area (Å²) in [4.78, 5) is 12.5. The van der Waals surface area contributed by atoms with E-state index < -0.39 is 11.7 Å². The molecule has 2 aromatic heterocycles. The number of hydrogen-bond donors (Lipinski definition) is 3. The van der Waals surface area contributed by atoms with Gasteiger partial charge in [0.1, 0.15) is 5.82 Å². The van der Waals surface area contributed by atoms with Crippen molar-refractivity contribution in [3.63, 3.8) is 0 Å². The van der Waals surface area contributed by atoms with Crippen LogP contribution in [0.3, 0.4) is 0 Å². The van der Waals surface area contributed by atoms with Crippen LogP contribution in [0, 0.1) is 0 Å². The number of nitrogens with one attached hydrogen (secondary N) is 2.